The zero-order chi connectivity index (χ0) is 13.8. The number of rotatable bonds is 4. The molecule has 1 nitrogen and oxygen atoms in total. The Morgan fingerprint density at radius 3 is 2.53 bits per heavy atom. The van der Waals surface area contributed by atoms with Crippen LogP contribution in [0.2, 0.25) is 0 Å². The van der Waals surface area contributed by atoms with Crippen molar-refractivity contribution in [1.82, 2.24) is 0 Å². The van der Waals surface area contributed by atoms with Gasteiger partial charge in [0.25, 0.3) is 0 Å². The summed E-state index contributed by atoms with van der Waals surface area (Å²) in [5.74, 6) is 1.54. The molecule has 0 aliphatic heterocycles. The highest BCUT2D eigenvalue weighted by Gasteiger charge is 2.28. The molecule has 2 unspecified atom stereocenters. The molecule has 0 heterocycles. The van der Waals surface area contributed by atoms with Crippen LogP contribution in [0.25, 0.3) is 0 Å². The highest BCUT2D eigenvalue weighted by Crippen LogP contribution is 2.32. The minimum Gasteiger partial charge on any atom is -0.299 e. The van der Waals surface area contributed by atoms with Crippen molar-refractivity contribution in [3.63, 3.8) is 0 Å². The second-order valence-corrected chi connectivity index (χ2v) is 6.17. The maximum Gasteiger partial charge on any atom is 0.136 e. The van der Waals surface area contributed by atoms with Gasteiger partial charge in [0.15, 0.2) is 0 Å². The van der Waals surface area contributed by atoms with Crippen LogP contribution in [0.4, 0.5) is 0 Å². The Morgan fingerprint density at radius 1 is 1.21 bits per heavy atom. The molecule has 0 amide bonds. The molecule has 1 aliphatic rings. The quantitative estimate of drug-likeness (QED) is 0.769. The fourth-order valence-corrected chi connectivity index (χ4v) is 3.49. The standard InChI is InChI=1S/C18H26O/c1-4-6-15-9-10-18(19)16(11-15)12-17-13(2)7-5-8-14(17)3/h5,7-8,15-16H,4,6,9-12H2,1-3H3. The highest BCUT2D eigenvalue weighted by molar-refractivity contribution is 5.82. The lowest BCUT2D eigenvalue weighted by Crippen LogP contribution is -2.27. The Balaban J connectivity index is 2.10. The number of hydrogen-bond donors (Lipinski definition) is 0. The van der Waals surface area contributed by atoms with E-state index in [9.17, 15) is 4.79 Å². The number of Topliss-reactive ketones (excluding diaryl/α,β-unsaturated/α-hetero) is 1. The van der Waals surface area contributed by atoms with Gasteiger partial charge in [0.2, 0.25) is 0 Å². The third kappa shape index (κ3) is 3.46. The van der Waals surface area contributed by atoms with Gasteiger partial charge in [0.1, 0.15) is 5.78 Å². The van der Waals surface area contributed by atoms with Gasteiger partial charge in [0, 0.05) is 12.3 Å². The summed E-state index contributed by atoms with van der Waals surface area (Å²) in [5.41, 5.74) is 4.08. The second kappa shape index (κ2) is 6.36. The van der Waals surface area contributed by atoms with E-state index < -0.39 is 0 Å². The average molecular weight is 258 g/mol. The summed E-state index contributed by atoms with van der Waals surface area (Å²) in [6, 6.07) is 6.44. The van der Waals surface area contributed by atoms with Gasteiger partial charge in [-0.3, -0.25) is 4.79 Å². The van der Waals surface area contributed by atoms with Crippen LogP contribution in [-0.2, 0) is 11.2 Å². The molecule has 1 aromatic rings. The summed E-state index contributed by atoms with van der Waals surface area (Å²) >= 11 is 0. The molecule has 0 bridgehead atoms. The minimum atomic E-state index is 0.269. The van der Waals surface area contributed by atoms with E-state index in [1.165, 1.54) is 29.5 Å². The van der Waals surface area contributed by atoms with Crippen molar-refractivity contribution < 1.29 is 4.79 Å². The lowest BCUT2D eigenvalue weighted by atomic mass is 9.75. The molecular formula is C18H26O. The van der Waals surface area contributed by atoms with Crippen molar-refractivity contribution >= 4 is 5.78 Å². The van der Waals surface area contributed by atoms with E-state index in [0.717, 1.165) is 31.6 Å². The van der Waals surface area contributed by atoms with Gasteiger partial charge in [-0.2, -0.15) is 0 Å². The lowest BCUT2D eigenvalue weighted by Gasteiger charge is -2.28. The van der Waals surface area contributed by atoms with Crippen molar-refractivity contribution in [3.8, 4) is 0 Å². The summed E-state index contributed by atoms with van der Waals surface area (Å²) in [6.45, 7) is 6.58. The summed E-state index contributed by atoms with van der Waals surface area (Å²) in [4.78, 5) is 12.2. The molecule has 1 fully saturated rings. The van der Waals surface area contributed by atoms with Crippen molar-refractivity contribution in [2.24, 2.45) is 11.8 Å². The first kappa shape index (κ1) is 14.3. The predicted octanol–water partition coefficient (Wildman–Crippen LogP) is 4.63. The topological polar surface area (TPSA) is 17.1 Å². The number of ketones is 1. The lowest BCUT2D eigenvalue weighted by molar-refractivity contribution is -0.125. The molecule has 0 saturated heterocycles. The van der Waals surface area contributed by atoms with Crippen LogP contribution in [0.15, 0.2) is 18.2 Å². The van der Waals surface area contributed by atoms with Crippen LogP contribution in [0.1, 0.15) is 55.7 Å². The van der Waals surface area contributed by atoms with E-state index in [2.05, 4.69) is 39.0 Å². The molecule has 0 N–H and O–H groups in total. The number of carbonyl (C=O) groups excluding carboxylic acids is 1. The van der Waals surface area contributed by atoms with Crippen LogP contribution in [0.3, 0.4) is 0 Å². The molecule has 1 saturated carbocycles. The summed E-state index contributed by atoms with van der Waals surface area (Å²) in [6.07, 6.45) is 6.53. The molecule has 0 radical (unpaired) electrons. The molecule has 2 atom stereocenters. The molecule has 2 rings (SSSR count). The number of benzene rings is 1. The van der Waals surface area contributed by atoms with Gasteiger partial charge in [-0.15, -0.1) is 0 Å². The van der Waals surface area contributed by atoms with Crippen molar-refractivity contribution in [3.05, 3.63) is 34.9 Å². The van der Waals surface area contributed by atoms with Crippen molar-refractivity contribution in [2.75, 3.05) is 0 Å². The second-order valence-electron chi connectivity index (χ2n) is 6.17. The predicted molar refractivity (Wildman–Crippen MR) is 80.4 cm³/mol. The van der Waals surface area contributed by atoms with Crippen molar-refractivity contribution in [1.29, 1.82) is 0 Å². The third-order valence-corrected chi connectivity index (χ3v) is 4.66. The number of aryl methyl sites for hydroxylation is 2. The Kier molecular flexibility index (Phi) is 4.79. The summed E-state index contributed by atoms with van der Waals surface area (Å²) in [7, 11) is 0. The summed E-state index contributed by atoms with van der Waals surface area (Å²) < 4.78 is 0. The molecule has 1 aliphatic carbocycles. The van der Waals surface area contributed by atoms with Crippen LogP contribution in [-0.4, -0.2) is 5.78 Å². The first-order valence-electron chi connectivity index (χ1n) is 7.69. The zero-order valence-electron chi connectivity index (χ0n) is 12.5. The smallest absolute Gasteiger partial charge is 0.136 e. The number of hydrogen-bond acceptors (Lipinski definition) is 1. The van der Waals surface area contributed by atoms with Crippen LogP contribution < -0.4 is 0 Å². The molecule has 1 aromatic carbocycles. The first-order chi connectivity index (χ1) is 9.11. The Hall–Kier alpha value is -1.11. The maximum atomic E-state index is 12.2. The van der Waals surface area contributed by atoms with Gasteiger partial charge in [-0.05, 0) is 55.7 Å². The normalized spacial score (nSPS) is 23.6. The molecule has 104 valence electrons. The highest BCUT2D eigenvalue weighted by atomic mass is 16.1. The third-order valence-electron chi connectivity index (χ3n) is 4.66. The monoisotopic (exact) mass is 258 g/mol. The van der Waals surface area contributed by atoms with Crippen LogP contribution >= 0.6 is 0 Å². The van der Waals surface area contributed by atoms with E-state index in [-0.39, 0.29) is 5.92 Å². The Bertz CT molecular complexity index is 427. The van der Waals surface area contributed by atoms with Gasteiger partial charge >= 0.3 is 0 Å². The molecule has 0 spiro atoms. The van der Waals surface area contributed by atoms with Gasteiger partial charge in [0.05, 0.1) is 0 Å². The van der Waals surface area contributed by atoms with Gasteiger partial charge in [-0.1, -0.05) is 38.0 Å². The molecule has 0 aromatic heterocycles. The van der Waals surface area contributed by atoms with Crippen LogP contribution in [0, 0.1) is 25.7 Å². The Morgan fingerprint density at radius 2 is 1.89 bits per heavy atom. The molecule has 19 heavy (non-hydrogen) atoms. The fraction of sp³-hybridized carbons (Fsp3) is 0.611. The van der Waals surface area contributed by atoms with E-state index in [1.54, 1.807) is 0 Å². The van der Waals surface area contributed by atoms with Gasteiger partial charge < -0.3 is 0 Å². The van der Waals surface area contributed by atoms with E-state index in [0.29, 0.717) is 5.78 Å². The number of carbonyl (C=O) groups is 1. The first-order valence-corrected chi connectivity index (χ1v) is 7.69. The average Bonchev–Trinajstić information content (AvgIpc) is 2.38. The Labute approximate surface area is 117 Å². The fourth-order valence-electron chi connectivity index (χ4n) is 3.49. The maximum absolute atomic E-state index is 12.2. The SMILES string of the molecule is CCCC1CCC(=O)C(Cc2c(C)cccc2C)C1. The zero-order valence-corrected chi connectivity index (χ0v) is 12.5. The van der Waals surface area contributed by atoms with Gasteiger partial charge in [-0.25, -0.2) is 0 Å². The van der Waals surface area contributed by atoms with Crippen LogP contribution in [0.5, 0.6) is 0 Å². The van der Waals surface area contributed by atoms with Crippen molar-refractivity contribution in [2.45, 2.75) is 59.3 Å². The largest absolute Gasteiger partial charge is 0.299 e. The van der Waals surface area contributed by atoms with E-state index >= 15 is 0 Å². The summed E-state index contributed by atoms with van der Waals surface area (Å²) in [5, 5.41) is 0. The van der Waals surface area contributed by atoms with E-state index in [4.69, 9.17) is 0 Å². The molecular weight excluding hydrogens is 232 g/mol. The van der Waals surface area contributed by atoms with E-state index in [1.807, 2.05) is 0 Å². The minimum absolute atomic E-state index is 0.269. The molecule has 1 heteroatoms.